The van der Waals surface area contributed by atoms with Crippen molar-refractivity contribution in [2.24, 2.45) is 23.7 Å². The fourth-order valence-electron chi connectivity index (χ4n) is 5.11. The summed E-state index contributed by atoms with van der Waals surface area (Å²) in [4.78, 5) is 50.6. The van der Waals surface area contributed by atoms with Crippen molar-refractivity contribution in [1.29, 1.82) is 0 Å². The van der Waals surface area contributed by atoms with Crippen LogP contribution in [0.2, 0.25) is 0 Å². The third-order valence-corrected chi connectivity index (χ3v) is 6.89. The number of esters is 1. The number of anilines is 1. The van der Waals surface area contributed by atoms with Crippen molar-refractivity contribution in [3.8, 4) is 0 Å². The van der Waals surface area contributed by atoms with Crippen LogP contribution in [-0.2, 0) is 30.3 Å². The number of hydrogen-bond donors (Lipinski definition) is 1. The zero-order valence-corrected chi connectivity index (χ0v) is 17.7. The van der Waals surface area contributed by atoms with E-state index in [1.165, 1.54) is 0 Å². The molecule has 2 aliphatic carbocycles. The average Bonchev–Trinajstić information content (AvgIpc) is 3.38. The molecule has 2 saturated carbocycles. The van der Waals surface area contributed by atoms with Gasteiger partial charge in [0.05, 0.1) is 11.8 Å². The number of imide groups is 1. The van der Waals surface area contributed by atoms with Gasteiger partial charge in [-0.2, -0.15) is 0 Å². The Balaban J connectivity index is 1.30. The highest BCUT2D eigenvalue weighted by atomic mass is 79.9. The summed E-state index contributed by atoms with van der Waals surface area (Å²) >= 11 is 3.39. The molecule has 154 valence electrons. The van der Waals surface area contributed by atoms with E-state index >= 15 is 0 Å². The number of amides is 3. The van der Waals surface area contributed by atoms with Crippen molar-refractivity contribution in [3.63, 3.8) is 0 Å². The van der Waals surface area contributed by atoms with Crippen molar-refractivity contribution in [3.05, 3.63) is 28.2 Å². The van der Waals surface area contributed by atoms with Crippen LogP contribution in [0.5, 0.6) is 0 Å². The lowest BCUT2D eigenvalue weighted by atomic mass is 9.81. The molecule has 7 nitrogen and oxygen atoms in total. The third-order valence-electron chi connectivity index (χ3n) is 6.39. The number of nitrogens with zero attached hydrogens (tertiary/aromatic N) is 1. The van der Waals surface area contributed by atoms with Crippen molar-refractivity contribution in [2.75, 3.05) is 18.5 Å². The lowest BCUT2D eigenvalue weighted by Gasteiger charge is -2.19. The molecule has 1 heterocycles. The van der Waals surface area contributed by atoms with Gasteiger partial charge in [0.15, 0.2) is 6.61 Å². The Morgan fingerprint density at radius 2 is 1.83 bits per heavy atom. The number of nitrogens with one attached hydrogen (secondary N) is 1. The minimum atomic E-state index is -0.749. The molecule has 0 aromatic heterocycles. The molecule has 4 rings (SSSR count). The summed E-state index contributed by atoms with van der Waals surface area (Å²) in [5.74, 6) is -1.71. The normalized spacial score (nSPS) is 27.3. The Morgan fingerprint density at radius 3 is 2.45 bits per heavy atom. The van der Waals surface area contributed by atoms with Gasteiger partial charge in [-0.1, -0.05) is 22.9 Å². The number of fused-ring (bicyclic) bond motifs is 5. The largest absolute Gasteiger partial charge is 0.454 e. The molecule has 1 aromatic rings. The number of benzene rings is 1. The van der Waals surface area contributed by atoms with Crippen LogP contribution < -0.4 is 5.32 Å². The molecule has 1 aliphatic heterocycles. The maximum atomic E-state index is 12.6. The first kappa shape index (κ1) is 20.1. The van der Waals surface area contributed by atoms with E-state index < -0.39 is 25.0 Å². The number of hydrogen-bond acceptors (Lipinski definition) is 5. The highest BCUT2D eigenvalue weighted by Gasteiger charge is 2.61. The van der Waals surface area contributed by atoms with E-state index in [9.17, 15) is 19.2 Å². The number of aryl methyl sites for hydroxylation is 1. The van der Waals surface area contributed by atoms with Gasteiger partial charge in [-0.05, 0) is 61.3 Å². The fraction of sp³-hybridized carbons (Fsp3) is 0.524. The van der Waals surface area contributed by atoms with Crippen molar-refractivity contribution < 1.29 is 23.9 Å². The predicted octanol–water partition coefficient (Wildman–Crippen LogP) is 2.52. The second-order valence-corrected chi connectivity index (χ2v) is 8.93. The quantitative estimate of drug-likeness (QED) is 0.517. The van der Waals surface area contributed by atoms with E-state index in [1.54, 1.807) is 6.07 Å². The molecule has 0 radical (unpaired) electrons. The second kappa shape index (κ2) is 7.89. The fourth-order valence-corrected chi connectivity index (χ4v) is 5.52. The SMILES string of the molecule is CCc1cc(Br)ccc1NC(=O)COC(=O)CN1C(=O)[C@@H]2[C@H]3CC[C@@H](C3)[C@H]2C1=O. The maximum absolute atomic E-state index is 12.6. The number of rotatable bonds is 6. The van der Waals surface area contributed by atoms with E-state index in [0.29, 0.717) is 5.69 Å². The smallest absolute Gasteiger partial charge is 0.326 e. The standard InChI is InChI=1S/C21H23BrN2O5/c1-2-11-8-14(22)5-6-15(11)23-16(25)10-29-17(26)9-24-20(27)18-12-3-4-13(7-12)19(18)21(24)28/h5-6,8,12-13,18-19H,2-4,7,9-10H2,1H3,(H,23,25)/t12-,13-,18+,19+/m0/s1. The van der Waals surface area contributed by atoms with Gasteiger partial charge < -0.3 is 10.1 Å². The van der Waals surface area contributed by atoms with Crippen LogP contribution in [0.4, 0.5) is 5.69 Å². The summed E-state index contributed by atoms with van der Waals surface area (Å²) in [6.07, 6.45) is 3.65. The molecule has 3 aliphatic rings. The molecular weight excluding hydrogens is 440 g/mol. The topological polar surface area (TPSA) is 92.8 Å². The molecule has 3 amide bonds. The van der Waals surface area contributed by atoms with Crippen LogP contribution in [0, 0.1) is 23.7 Å². The molecule has 3 fully saturated rings. The van der Waals surface area contributed by atoms with E-state index in [-0.39, 0.29) is 35.5 Å². The molecule has 8 heteroatoms. The molecule has 1 saturated heterocycles. The zero-order chi connectivity index (χ0) is 20.7. The highest BCUT2D eigenvalue weighted by Crippen LogP contribution is 2.56. The number of carbonyl (C=O) groups excluding carboxylic acids is 4. The summed E-state index contributed by atoms with van der Waals surface area (Å²) in [6, 6.07) is 5.50. The van der Waals surface area contributed by atoms with Gasteiger partial charge in [0.25, 0.3) is 5.91 Å². The van der Waals surface area contributed by atoms with E-state index in [1.807, 2.05) is 19.1 Å². The van der Waals surface area contributed by atoms with Crippen LogP contribution in [0.3, 0.4) is 0 Å². The number of ether oxygens (including phenoxy) is 1. The maximum Gasteiger partial charge on any atom is 0.326 e. The molecule has 0 unspecified atom stereocenters. The van der Waals surface area contributed by atoms with Crippen molar-refractivity contribution in [1.82, 2.24) is 4.90 Å². The summed E-state index contributed by atoms with van der Waals surface area (Å²) in [7, 11) is 0. The molecule has 2 bridgehead atoms. The van der Waals surface area contributed by atoms with Crippen LogP contribution in [0.1, 0.15) is 31.7 Å². The average molecular weight is 463 g/mol. The Morgan fingerprint density at radius 1 is 1.17 bits per heavy atom. The van der Waals surface area contributed by atoms with Gasteiger partial charge in [0.1, 0.15) is 6.54 Å². The Labute approximate surface area is 177 Å². The lowest BCUT2D eigenvalue weighted by molar-refractivity contribution is -0.154. The first-order valence-corrected chi connectivity index (χ1v) is 10.8. The Kier molecular flexibility index (Phi) is 5.46. The molecule has 1 aromatic carbocycles. The van der Waals surface area contributed by atoms with E-state index in [0.717, 1.165) is 40.6 Å². The monoisotopic (exact) mass is 462 g/mol. The second-order valence-electron chi connectivity index (χ2n) is 8.01. The van der Waals surface area contributed by atoms with E-state index in [4.69, 9.17) is 4.74 Å². The molecule has 1 N–H and O–H groups in total. The minimum absolute atomic E-state index is 0.254. The zero-order valence-electron chi connectivity index (χ0n) is 16.2. The van der Waals surface area contributed by atoms with Crippen molar-refractivity contribution >= 4 is 45.3 Å². The summed E-state index contributed by atoms with van der Waals surface area (Å²) in [5.41, 5.74) is 1.61. The van der Waals surface area contributed by atoms with Crippen molar-refractivity contribution in [2.45, 2.75) is 32.6 Å². The predicted molar refractivity (Wildman–Crippen MR) is 108 cm³/mol. The molecule has 0 spiro atoms. The van der Waals surface area contributed by atoms with Crippen LogP contribution in [0.25, 0.3) is 0 Å². The summed E-state index contributed by atoms with van der Waals surface area (Å²) in [5, 5.41) is 2.72. The van der Waals surface area contributed by atoms with Crippen LogP contribution in [-0.4, -0.2) is 41.7 Å². The van der Waals surface area contributed by atoms with Gasteiger partial charge in [-0.15, -0.1) is 0 Å². The Hall–Kier alpha value is -2.22. The molecular formula is C21H23BrN2O5. The van der Waals surface area contributed by atoms with Crippen LogP contribution >= 0.6 is 15.9 Å². The third kappa shape index (κ3) is 3.70. The lowest BCUT2D eigenvalue weighted by Crippen LogP contribution is -2.38. The van der Waals surface area contributed by atoms with Gasteiger partial charge in [0.2, 0.25) is 11.8 Å². The summed E-state index contributed by atoms with van der Waals surface area (Å²) in [6.45, 7) is 1.09. The highest BCUT2D eigenvalue weighted by molar-refractivity contribution is 9.10. The molecule has 29 heavy (non-hydrogen) atoms. The Bertz CT molecular complexity index is 858. The number of halogens is 1. The van der Waals surface area contributed by atoms with Gasteiger partial charge in [-0.3, -0.25) is 24.1 Å². The van der Waals surface area contributed by atoms with Gasteiger partial charge >= 0.3 is 5.97 Å². The number of likely N-dealkylation sites (tertiary alicyclic amines) is 1. The van der Waals surface area contributed by atoms with Gasteiger partial charge in [-0.25, -0.2) is 0 Å². The number of carbonyl (C=O) groups is 4. The first-order valence-electron chi connectivity index (χ1n) is 9.98. The van der Waals surface area contributed by atoms with Gasteiger partial charge in [0, 0.05) is 10.2 Å². The first-order chi connectivity index (χ1) is 13.9. The minimum Gasteiger partial charge on any atom is -0.454 e. The van der Waals surface area contributed by atoms with Crippen LogP contribution in [0.15, 0.2) is 22.7 Å². The molecule has 4 atom stereocenters. The van der Waals surface area contributed by atoms with E-state index in [2.05, 4.69) is 21.2 Å². The summed E-state index contributed by atoms with van der Waals surface area (Å²) < 4.78 is 5.93.